The molecule has 1 aliphatic heterocycles. The average Bonchev–Trinajstić information content (AvgIpc) is 3.09. The molecule has 0 aliphatic carbocycles. The van der Waals surface area contributed by atoms with Gasteiger partial charge in [0.15, 0.2) is 23.9 Å². The largest absolute Gasteiger partial charge is 0.393 e. The van der Waals surface area contributed by atoms with Gasteiger partial charge in [-0.3, -0.25) is 4.57 Å². The lowest BCUT2D eigenvalue weighted by atomic mass is 9.60. The Labute approximate surface area is 134 Å². The van der Waals surface area contributed by atoms with Crippen molar-refractivity contribution >= 4 is 32.7 Å². The minimum absolute atomic E-state index is 0.235. The SMILES string of the molecule is BC(B)(OC)C1O[C@@H](n2cnc3c(N)ncnc32)[C@H](F)[C@@H]1OC. The molecule has 2 aromatic heterocycles. The van der Waals surface area contributed by atoms with Gasteiger partial charge in [-0.2, -0.15) is 0 Å². The van der Waals surface area contributed by atoms with Crippen LogP contribution in [-0.2, 0) is 14.2 Å². The van der Waals surface area contributed by atoms with E-state index < -0.39 is 30.0 Å². The number of aromatic nitrogens is 4. The van der Waals surface area contributed by atoms with Crippen molar-refractivity contribution in [3.63, 3.8) is 0 Å². The second kappa shape index (κ2) is 5.73. The second-order valence-electron chi connectivity index (χ2n) is 5.98. The van der Waals surface area contributed by atoms with Crippen molar-refractivity contribution in [2.75, 3.05) is 20.0 Å². The highest BCUT2D eigenvalue weighted by Gasteiger charge is 2.52. The van der Waals surface area contributed by atoms with E-state index in [1.54, 1.807) is 7.11 Å². The van der Waals surface area contributed by atoms with E-state index in [-0.39, 0.29) is 5.82 Å². The van der Waals surface area contributed by atoms with Gasteiger partial charge < -0.3 is 19.9 Å². The predicted octanol–water partition coefficient (Wildman–Crippen LogP) is -1.77. The molecular weight excluding hydrogens is 303 g/mol. The van der Waals surface area contributed by atoms with Crippen LogP contribution in [0, 0.1) is 0 Å². The summed E-state index contributed by atoms with van der Waals surface area (Å²) in [5.41, 5.74) is 6.59. The van der Waals surface area contributed by atoms with Crippen molar-refractivity contribution in [1.29, 1.82) is 0 Å². The maximum atomic E-state index is 14.9. The summed E-state index contributed by atoms with van der Waals surface area (Å²) in [6, 6.07) is 0. The van der Waals surface area contributed by atoms with Crippen LogP contribution in [-0.4, -0.2) is 73.2 Å². The lowest BCUT2D eigenvalue weighted by Gasteiger charge is -2.33. The number of imidazole rings is 1. The molecule has 0 spiro atoms. The lowest BCUT2D eigenvalue weighted by molar-refractivity contribution is -0.0896. The highest BCUT2D eigenvalue weighted by molar-refractivity contribution is 6.39. The first-order valence-corrected chi connectivity index (χ1v) is 7.21. The van der Waals surface area contributed by atoms with Crippen molar-refractivity contribution in [1.82, 2.24) is 19.5 Å². The zero-order valence-corrected chi connectivity index (χ0v) is 13.4. The molecule has 1 saturated heterocycles. The van der Waals surface area contributed by atoms with Gasteiger partial charge >= 0.3 is 0 Å². The minimum atomic E-state index is -1.41. The third-order valence-electron chi connectivity index (χ3n) is 4.32. The summed E-state index contributed by atoms with van der Waals surface area (Å²) < 4.78 is 33.1. The summed E-state index contributed by atoms with van der Waals surface area (Å²) in [5, 5.41) is -0.718. The quantitative estimate of drug-likeness (QED) is 0.665. The summed E-state index contributed by atoms with van der Waals surface area (Å²) in [6.07, 6.45) is -0.947. The third-order valence-corrected chi connectivity index (χ3v) is 4.32. The summed E-state index contributed by atoms with van der Waals surface area (Å²) in [7, 11) is 6.65. The van der Waals surface area contributed by atoms with E-state index in [1.165, 1.54) is 24.3 Å². The van der Waals surface area contributed by atoms with Gasteiger partial charge in [0.2, 0.25) is 0 Å². The number of methoxy groups -OCH3 is 2. The van der Waals surface area contributed by atoms with Crippen LogP contribution in [0.1, 0.15) is 6.23 Å². The number of anilines is 1. The van der Waals surface area contributed by atoms with Crippen LogP contribution in [0.25, 0.3) is 11.2 Å². The normalized spacial score (nSPS) is 28.5. The molecule has 0 saturated carbocycles. The monoisotopic (exact) mass is 321 g/mol. The lowest BCUT2D eigenvalue weighted by Crippen LogP contribution is -2.52. The number of halogens is 1. The highest BCUT2D eigenvalue weighted by atomic mass is 19.1. The van der Waals surface area contributed by atoms with Crippen LogP contribution < -0.4 is 5.73 Å². The molecule has 3 heterocycles. The fourth-order valence-electron chi connectivity index (χ4n) is 2.84. The minimum Gasteiger partial charge on any atom is -0.393 e. The molecular formula is C12H18B2FN5O3. The predicted molar refractivity (Wildman–Crippen MR) is 86.2 cm³/mol. The Morgan fingerprint density at radius 2 is 2.09 bits per heavy atom. The van der Waals surface area contributed by atoms with Gasteiger partial charge in [-0.1, -0.05) is 0 Å². The fourth-order valence-corrected chi connectivity index (χ4v) is 2.84. The van der Waals surface area contributed by atoms with Gasteiger partial charge in [0.1, 0.15) is 39.7 Å². The molecule has 4 atom stereocenters. The van der Waals surface area contributed by atoms with Gasteiger partial charge in [0.05, 0.1) is 6.33 Å². The fraction of sp³-hybridized carbons (Fsp3) is 0.583. The number of ether oxygens (including phenoxy) is 3. The van der Waals surface area contributed by atoms with Crippen LogP contribution >= 0.6 is 0 Å². The van der Waals surface area contributed by atoms with E-state index in [1.807, 2.05) is 15.7 Å². The van der Waals surface area contributed by atoms with Crippen LogP contribution in [0.5, 0.6) is 0 Å². The standard InChI is InChI=1S/C12H18B2FN5O3/c1-21-7-5(15)11(23-8(7)12(13,14)22-2)20-4-19-6-9(16)17-3-18-10(6)20/h3-5,7-8,11H,13-14H2,1-2H3,(H2,16,17,18)/t5-,7+,8?,11-/m1/s1. The summed E-state index contributed by atoms with van der Waals surface area (Å²) >= 11 is 0. The second-order valence-corrected chi connectivity index (χ2v) is 5.98. The first-order valence-electron chi connectivity index (χ1n) is 7.21. The molecule has 23 heavy (non-hydrogen) atoms. The van der Waals surface area contributed by atoms with Crippen molar-refractivity contribution in [3.05, 3.63) is 12.7 Å². The van der Waals surface area contributed by atoms with Gasteiger partial charge in [-0.05, 0) is 0 Å². The van der Waals surface area contributed by atoms with Gasteiger partial charge in [0.25, 0.3) is 0 Å². The molecule has 2 N–H and O–H groups in total. The number of alkyl halides is 1. The molecule has 2 aromatic rings. The number of nitrogens with zero attached hydrogens (tertiary/aromatic N) is 4. The molecule has 3 rings (SSSR count). The van der Waals surface area contributed by atoms with Gasteiger partial charge in [-0.25, -0.2) is 19.3 Å². The van der Waals surface area contributed by atoms with E-state index in [4.69, 9.17) is 19.9 Å². The molecule has 0 bridgehead atoms. The van der Waals surface area contributed by atoms with E-state index in [0.29, 0.717) is 11.2 Å². The number of fused-ring (bicyclic) bond motifs is 1. The molecule has 1 aliphatic rings. The molecule has 1 fully saturated rings. The average molecular weight is 321 g/mol. The Hall–Kier alpha value is -1.71. The van der Waals surface area contributed by atoms with Crippen LogP contribution in [0.4, 0.5) is 10.2 Å². The first kappa shape index (κ1) is 16.2. The van der Waals surface area contributed by atoms with E-state index in [9.17, 15) is 4.39 Å². The number of hydrogen-bond donors (Lipinski definition) is 1. The van der Waals surface area contributed by atoms with Crippen LogP contribution in [0.3, 0.4) is 0 Å². The Bertz CT molecular complexity index is 715. The van der Waals surface area contributed by atoms with E-state index in [2.05, 4.69) is 15.0 Å². The van der Waals surface area contributed by atoms with Crippen molar-refractivity contribution < 1.29 is 18.6 Å². The Morgan fingerprint density at radius 3 is 2.74 bits per heavy atom. The topological polar surface area (TPSA) is 97.3 Å². The summed E-state index contributed by atoms with van der Waals surface area (Å²) in [4.78, 5) is 12.2. The maximum Gasteiger partial charge on any atom is 0.174 e. The number of hydrogen-bond acceptors (Lipinski definition) is 7. The van der Waals surface area contributed by atoms with E-state index in [0.717, 1.165) is 0 Å². The zero-order valence-electron chi connectivity index (χ0n) is 13.4. The van der Waals surface area contributed by atoms with Crippen molar-refractivity contribution in [2.24, 2.45) is 0 Å². The number of nitrogens with two attached hydrogens (primary N) is 1. The third kappa shape index (κ3) is 2.48. The Morgan fingerprint density at radius 1 is 1.35 bits per heavy atom. The number of nitrogen functional groups attached to an aromatic ring is 1. The Kier molecular flexibility index (Phi) is 4.03. The van der Waals surface area contributed by atoms with Crippen LogP contribution in [0.15, 0.2) is 12.7 Å². The molecule has 8 nitrogen and oxygen atoms in total. The molecule has 122 valence electrons. The highest BCUT2D eigenvalue weighted by Crippen LogP contribution is 2.38. The molecule has 0 radical (unpaired) electrons. The molecule has 1 unspecified atom stereocenters. The molecule has 0 aromatic carbocycles. The van der Waals surface area contributed by atoms with Crippen molar-refractivity contribution in [2.45, 2.75) is 30.0 Å². The van der Waals surface area contributed by atoms with E-state index >= 15 is 0 Å². The first-order chi connectivity index (χ1) is 10.9. The maximum absolute atomic E-state index is 14.9. The molecule has 0 amide bonds. The van der Waals surface area contributed by atoms with Gasteiger partial charge in [0, 0.05) is 19.6 Å². The zero-order chi connectivity index (χ0) is 16.8. The van der Waals surface area contributed by atoms with Gasteiger partial charge in [-0.15, -0.1) is 0 Å². The smallest absolute Gasteiger partial charge is 0.174 e. The molecule has 11 heteroatoms. The summed E-state index contributed by atoms with van der Waals surface area (Å²) in [6.45, 7) is 0. The Balaban J connectivity index is 2.01. The van der Waals surface area contributed by atoms with Crippen LogP contribution in [0.2, 0.25) is 0 Å². The number of rotatable bonds is 4. The summed E-state index contributed by atoms with van der Waals surface area (Å²) in [5.74, 6) is 0.235. The van der Waals surface area contributed by atoms with Crippen molar-refractivity contribution in [3.8, 4) is 0 Å².